The molecule has 0 atom stereocenters. The minimum Gasteiger partial charge on any atom is -0.505 e. The summed E-state index contributed by atoms with van der Waals surface area (Å²) in [4.78, 5) is 0.0616. The molecule has 5 nitrogen and oxygen atoms in total. The van der Waals surface area contributed by atoms with Crippen molar-refractivity contribution in [3.05, 3.63) is 60.0 Å². The van der Waals surface area contributed by atoms with Gasteiger partial charge in [-0.3, -0.25) is 0 Å². The molecule has 3 aromatic rings. The lowest BCUT2D eigenvalue weighted by Gasteiger charge is -2.09. The highest BCUT2D eigenvalue weighted by atomic mass is 32.2. The van der Waals surface area contributed by atoms with Crippen molar-refractivity contribution in [1.82, 2.24) is 3.97 Å². The van der Waals surface area contributed by atoms with Crippen molar-refractivity contribution in [1.29, 1.82) is 0 Å². The summed E-state index contributed by atoms with van der Waals surface area (Å²) < 4.78 is 39.9. The summed E-state index contributed by atoms with van der Waals surface area (Å²) in [5.41, 5.74) is 0.0141. The largest absolute Gasteiger partial charge is 0.505 e. The zero-order valence-electron chi connectivity index (χ0n) is 11.3. The molecule has 0 amide bonds. The van der Waals surface area contributed by atoms with Gasteiger partial charge in [-0.15, -0.1) is 0 Å². The average molecular weight is 321 g/mol. The van der Waals surface area contributed by atoms with E-state index >= 15 is 0 Å². The molecule has 7 heteroatoms. The molecule has 0 saturated heterocycles. The van der Waals surface area contributed by atoms with Crippen molar-refractivity contribution < 1.29 is 23.0 Å². The highest BCUT2D eigenvalue weighted by Gasteiger charge is 2.22. The molecule has 0 aliphatic rings. The number of benzene rings is 2. The van der Waals surface area contributed by atoms with Crippen molar-refractivity contribution in [2.75, 3.05) is 0 Å². The molecule has 0 aliphatic carbocycles. The maximum absolute atomic E-state index is 13.8. The van der Waals surface area contributed by atoms with Gasteiger partial charge in [0.2, 0.25) is 0 Å². The van der Waals surface area contributed by atoms with E-state index in [9.17, 15) is 23.0 Å². The van der Waals surface area contributed by atoms with E-state index in [-0.39, 0.29) is 21.4 Å². The van der Waals surface area contributed by atoms with Gasteiger partial charge in [-0.1, -0.05) is 18.2 Å². The third-order valence-electron chi connectivity index (χ3n) is 3.45. The number of rotatable bonds is 3. The van der Waals surface area contributed by atoms with Crippen LogP contribution >= 0.6 is 0 Å². The van der Waals surface area contributed by atoms with E-state index in [1.165, 1.54) is 24.4 Å². The van der Waals surface area contributed by atoms with Crippen molar-refractivity contribution in [3.8, 4) is 5.75 Å². The minimum atomic E-state index is -3.89. The first-order valence-corrected chi connectivity index (χ1v) is 7.83. The molecule has 0 aliphatic heterocycles. The molecule has 0 spiro atoms. The van der Waals surface area contributed by atoms with Gasteiger partial charge in [0, 0.05) is 23.2 Å². The average Bonchev–Trinajstić information content (AvgIpc) is 2.93. The van der Waals surface area contributed by atoms with Gasteiger partial charge in [0.15, 0.2) is 11.6 Å². The fraction of sp³-hybridized carbons (Fsp3) is 0.0667. The first-order chi connectivity index (χ1) is 10.5. The summed E-state index contributed by atoms with van der Waals surface area (Å²) >= 11 is 0. The third kappa shape index (κ3) is 2.06. The van der Waals surface area contributed by atoms with Gasteiger partial charge in [-0.2, -0.15) is 0 Å². The molecular weight excluding hydrogens is 309 g/mol. The highest BCUT2D eigenvalue weighted by Crippen LogP contribution is 2.32. The van der Waals surface area contributed by atoms with Crippen molar-refractivity contribution in [2.45, 2.75) is 11.5 Å². The van der Waals surface area contributed by atoms with Crippen LogP contribution in [0.25, 0.3) is 10.9 Å². The lowest BCUT2D eigenvalue weighted by Crippen LogP contribution is -2.11. The smallest absolute Gasteiger partial charge is 0.268 e. The summed E-state index contributed by atoms with van der Waals surface area (Å²) in [7, 11) is -3.89. The number of aromatic nitrogens is 1. The Labute approximate surface area is 125 Å². The number of fused-ring (bicyclic) bond motifs is 1. The molecule has 0 saturated carbocycles. The Kier molecular flexibility index (Phi) is 3.38. The molecule has 0 fully saturated rings. The Hall–Kier alpha value is -2.38. The second-order valence-electron chi connectivity index (χ2n) is 4.71. The molecule has 0 unspecified atom stereocenters. The monoisotopic (exact) mass is 321 g/mol. The second-order valence-corrected chi connectivity index (χ2v) is 6.52. The van der Waals surface area contributed by atoms with Crippen molar-refractivity contribution in [2.24, 2.45) is 0 Å². The SMILES string of the molecule is O=S(=O)(c1ccccc1)n1ccc2c(CO)c(O)c(F)cc21. The summed E-state index contributed by atoms with van der Waals surface area (Å²) in [6, 6.07) is 10.1. The highest BCUT2D eigenvalue weighted by molar-refractivity contribution is 7.90. The van der Waals surface area contributed by atoms with Crippen LogP contribution in [-0.2, 0) is 16.6 Å². The summed E-state index contributed by atoms with van der Waals surface area (Å²) in [6.45, 7) is -0.602. The molecular formula is C15H12FNO4S. The van der Waals surface area contributed by atoms with Crippen LogP contribution in [0, 0.1) is 5.82 Å². The van der Waals surface area contributed by atoms with Crippen LogP contribution in [0.15, 0.2) is 53.6 Å². The van der Waals surface area contributed by atoms with E-state index in [2.05, 4.69) is 0 Å². The summed E-state index contributed by atoms with van der Waals surface area (Å²) in [6.07, 6.45) is 1.27. The maximum Gasteiger partial charge on any atom is 0.268 e. The normalized spacial score (nSPS) is 11.9. The fourth-order valence-corrected chi connectivity index (χ4v) is 3.72. The predicted octanol–water partition coefficient (Wildman–Crippen LogP) is 2.22. The first-order valence-electron chi connectivity index (χ1n) is 6.39. The maximum atomic E-state index is 13.8. The number of phenols is 1. The fourth-order valence-electron chi connectivity index (χ4n) is 2.36. The topological polar surface area (TPSA) is 79.5 Å². The minimum absolute atomic E-state index is 0.0444. The van der Waals surface area contributed by atoms with Gasteiger partial charge in [0.25, 0.3) is 10.0 Å². The van der Waals surface area contributed by atoms with Crippen LogP contribution in [-0.4, -0.2) is 22.6 Å². The number of hydrogen-bond acceptors (Lipinski definition) is 4. The van der Waals surface area contributed by atoms with E-state index in [1.807, 2.05) is 0 Å². The quantitative estimate of drug-likeness (QED) is 0.775. The Bertz CT molecular complexity index is 949. The number of hydrogen-bond donors (Lipinski definition) is 2. The standard InChI is InChI=1S/C15H12FNO4S/c16-13-8-14-11(12(9-18)15(13)19)6-7-17(14)22(20,21)10-4-2-1-3-5-10/h1-8,18-19H,9H2. The molecule has 2 aromatic carbocycles. The van der Waals surface area contributed by atoms with Gasteiger partial charge in [0.1, 0.15) is 0 Å². The zero-order valence-corrected chi connectivity index (χ0v) is 12.1. The molecule has 22 heavy (non-hydrogen) atoms. The lowest BCUT2D eigenvalue weighted by atomic mass is 10.1. The molecule has 114 valence electrons. The molecule has 0 radical (unpaired) electrons. The van der Waals surface area contributed by atoms with Crippen LogP contribution in [0.5, 0.6) is 5.75 Å². The molecule has 3 rings (SSSR count). The molecule has 1 aromatic heterocycles. The van der Waals surface area contributed by atoms with E-state index in [0.29, 0.717) is 0 Å². The molecule has 2 N–H and O–H groups in total. The Balaban J connectivity index is 2.32. The van der Waals surface area contributed by atoms with Gasteiger partial charge < -0.3 is 10.2 Å². The van der Waals surface area contributed by atoms with Gasteiger partial charge in [-0.05, 0) is 18.2 Å². The Morgan fingerprint density at radius 3 is 2.45 bits per heavy atom. The second kappa shape index (κ2) is 5.11. The van der Waals surface area contributed by atoms with Gasteiger partial charge in [-0.25, -0.2) is 16.8 Å². The Morgan fingerprint density at radius 1 is 1.14 bits per heavy atom. The number of aliphatic hydroxyl groups is 1. The van der Waals surface area contributed by atoms with Crippen LogP contribution in [0.3, 0.4) is 0 Å². The zero-order chi connectivity index (χ0) is 15.9. The summed E-state index contributed by atoms with van der Waals surface area (Å²) in [5, 5.41) is 19.2. The Morgan fingerprint density at radius 2 is 1.82 bits per heavy atom. The van der Waals surface area contributed by atoms with E-state index < -0.39 is 28.2 Å². The van der Waals surface area contributed by atoms with E-state index in [4.69, 9.17) is 0 Å². The predicted molar refractivity (Wildman–Crippen MR) is 78.5 cm³/mol. The molecule has 1 heterocycles. The van der Waals surface area contributed by atoms with Crippen LogP contribution in [0.1, 0.15) is 5.56 Å². The van der Waals surface area contributed by atoms with Crippen LogP contribution in [0.2, 0.25) is 0 Å². The van der Waals surface area contributed by atoms with Crippen molar-refractivity contribution >= 4 is 20.9 Å². The third-order valence-corrected chi connectivity index (χ3v) is 5.15. The number of nitrogens with zero attached hydrogens (tertiary/aromatic N) is 1. The van der Waals surface area contributed by atoms with E-state index in [1.54, 1.807) is 18.2 Å². The van der Waals surface area contributed by atoms with Crippen molar-refractivity contribution in [3.63, 3.8) is 0 Å². The van der Waals surface area contributed by atoms with E-state index in [0.717, 1.165) is 10.0 Å². The number of aliphatic hydroxyl groups excluding tert-OH is 1. The number of halogens is 1. The molecule has 0 bridgehead atoms. The van der Waals surface area contributed by atoms with Crippen LogP contribution in [0.4, 0.5) is 4.39 Å². The summed E-state index contributed by atoms with van der Waals surface area (Å²) in [5.74, 6) is -1.66. The lowest BCUT2D eigenvalue weighted by molar-refractivity contribution is 0.275. The first kappa shape index (κ1) is 14.6. The van der Waals surface area contributed by atoms with Gasteiger partial charge >= 0.3 is 0 Å². The number of aromatic hydroxyl groups is 1. The van der Waals surface area contributed by atoms with Gasteiger partial charge in [0.05, 0.1) is 17.0 Å². The van der Waals surface area contributed by atoms with Crippen LogP contribution < -0.4 is 0 Å².